The van der Waals surface area contributed by atoms with Gasteiger partial charge in [0.25, 0.3) is 0 Å². The quantitative estimate of drug-likeness (QED) is 0.402. The molecule has 6 heavy (non-hydrogen) atoms. The van der Waals surface area contributed by atoms with E-state index in [1.807, 2.05) is 13.8 Å². The predicted octanol–water partition coefficient (Wildman–Crippen LogP) is -0.409. The Balaban J connectivity index is 0. The van der Waals surface area contributed by atoms with Crippen molar-refractivity contribution in [3.63, 3.8) is 0 Å². The molecule has 0 aromatic heterocycles. The Morgan fingerprint density at radius 2 is 1.50 bits per heavy atom. The first-order valence-corrected chi connectivity index (χ1v) is 1.99. The normalized spacial score (nSPS) is 7.00. The third-order valence-electron chi connectivity index (χ3n) is 0.408. The van der Waals surface area contributed by atoms with Gasteiger partial charge in [-0.25, -0.2) is 0 Å². The maximum atomic E-state index is 4.83. The van der Waals surface area contributed by atoms with Crippen LogP contribution in [-0.2, 0) is 4.74 Å². The molecule has 0 saturated carbocycles. The van der Waals surface area contributed by atoms with Crippen molar-refractivity contribution in [2.75, 3.05) is 13.2 Å². The van der Waals surface area contributed by atoms with Crippen LogP contribution in [0.1, 0.15) is 13.8 Å². The van der Waals surface area contributed by atoms with Crippen molar-refractivity contribution in [1.29, 1.82) is 0 Å². The molecular formula is C4H14OSi. The van der Waals surface area contributed by atoms with E-state index in [0.717, 1.165) is 13.2 Å². The van der Waals surface area contributed by atoms with Crippen LogP contribution in [-0.4, -0.2) is 24.2 Å². The van der Waals surface area contributed by atoms with Crippen LogP contribution in [0.4, 0.5) is 0 Å². The highest BCUT2D eigenvalue weighted by Gasteiger charge is 1.64. The molecule has 2 heteroatoms. The third-order valence-corrected chi connectivity index (χ3v) is 0.408. The Morgan fingerprint density at radius 1 is 1.17 bits per heavy atom. The first-order chi connectivity index (χ1) is 2.41. The lowest BCUT2D eigenvalue weighted by atomic mass is 10.8. The Labute approximate surface area is 43.7 Å². The minimum atomic E-state index is 0. The second-order valence-corrected chi connectivity index (χ2v) is 0.781. The average Bonchev–Trinajstić information content (AvgIpc) is 1.41. The Kier molecular flexibility index (Phi) is 14.2. The summed E-state index contributed by atoms with van der Waals surface area (Å²) in [7, 11) is 0. The maximum Gasteiger partial charge on any atom is 0.0437 e. The Bertz CT molecular complexity index is 15.0. The fourth-order valence-electron chi connectivity index (χ4n) is 0.204. The summed E-state index contributed by atoms with van der Waals surface area (Å²) in [5.74, 6) is 0. The van der Waals surface area contributed by atoms with Crippen LogP contribution in [0, 0.1) is 0 Å². The molecule has 0 aromatic rings. The molecule has 0 unspecified atom stereocenters. The average molecular weight is 584 g/mol. The number of rotatable bonds is 2. The summed E-state index contributed by atoms with van der Waals surface area (Å²) in [5.41, 5.74) is 0. The van der Waals surface area contributed by atoms with Gasteiger partial charge in [-0.3, -0.25) is 0 Å². The van der Waals surface area contributed by atoms with Crippen molar-refractivity contribution in [3.05, 3.63) is 0 Å². The lowest BCUT2D eigenvalue weighted by Crippen LogP contribution is -1.84. The van der Waals surface area contributed by atoms with Crippen LogP contribution in [0.3, 0.4) is 0 Å². The molecule has 0 radical (unpaired) electrons. The van der Waals surface area contributed by atoms with Crippen LogP contribution in [0.2, 0.25) is 0 Å². The molecule has 0 N–H and O–H groups in total. The molecule has 0 saturated heterocycles. The summed E-state index contributed by atoms with van der Waals surface area (Å²) in [4.78, 5) is 0. The molecule has 0 spiro atoms. The van der Waals surface area contributed by atoms with E-state index in [4.69, 9.17) is 4.74 Å². The summed E-state index contributed by atoms with van der Waals surface area (Å²) in [6.45, 7) is 5.67. The lowest BCUT2D eigenvalue weighted by Gasteiger charge is -1.86. The van der Waals surface area contributed by atoms with Crippen molar-refractivity contribution < 1.29 is 4.74 Å². The molecule has 0 aromatic carbocycles. The summed E-state index contributed by atoms with van der Waals surface area (Å²) in [5, 5.41) is 0. The zero-order valence-corrected chi connectivity index (χ0v) is 3.82. The van der Waals surface area contributed by atoms with Crippen LogP contribution >= 0.6 is 0 Å². The minimum Gasteiger partial charge on any atom is -0.382 e. The van der Waals surface area contributed by atoms with Crippen LogP contribution in [0.15, 0.2) is 0 Å². The van der Waals surface area contributed by atoms with Gasteiger partial charge in [0.15, 0.2) is 0 Å². The predicted molar refractivity (Wildman–Crippen MR) is 33.5 cm³/mol. The standard InChI is InChI=1S/C4H10O.H4Si/c1-3-5-4-2;/h3-4H2,1-2H3;1H4/i;1-45. The van der Waals surface area contributed by atoms with Crippen molar-refractivity contribution >= 4 is 11.0 Å². The van der Waals surface area contributed by atoms with E-state index < -0.39 is 0 Å². The topological polar surface area (TPSA) is 9.23 Å². The van der Waals surface area contributed by atoms with Gasteiger partial charge in [-0.2, -0.15) is 0 Å². The Hall–Kier alpha value is 0.177. The van der Waals surface area contributed by atoms with Crippen molar-refractivity contribution in [3.8, 4) is 0 Å². The fraction of sp³-hybridized carbons (Fsp3) is 1.00. The summed E-state index contributed by atoms with van der Waals surface area (Å²) in [6, 6.07) is 0. The Morgan fingerprint density at radius 3 is 1.50 bits per heavy atom. The van der Waals surface area contributed by atoms with Gasteiger partial charge < -0.3 is 4.74 Å². The molecule has 0 aliphatic carbocycles. The highest BCUT2D eigenvalue weighted by molar-refractivity contribution is 5.75. The molecule has 0 amide bonds. The zero-order chi connectivity index (χ0) is 4.12. The van der Waals surface area contributed by atoms with E-state index >= 15 is 0 Å². The number of hydrogen-bond acceptors (Lipinski definition) is 1. The van der Waals surface area contributed by atoms with E-state index in [-0.39, 0.29) is 11.0 Å². The molecule has 0 bridgehead atoms. The highest BCUT2D eigenvalue weighted by Crippen LogP contribution is 1.64. The lowest BCUT2D eigenvalue weighted by molar-refractivity contribution is 0.162. The summed E-state index contributed by atoms with van der Waals surface area (Å²) >= 11 is 0. The first-order valence-electron chi connectivity index (χ1n) is 1.99. The van der Waals surface area contributed by atoms with Crippen LogP contribution in [0.5, 0.6) is 0 Å². The molecule has 0 rings (SSSR count). The van der Waals surface area contributed by atoms with Crippen molar-refractivity contribution in [1.82, 2.24) is 0 Å². The molecule has 0 fully saturated rings. The van der Waals surface area contributed by atoms with Crippen LogP contribution < -0.4 is 0 Å². The number of ether oxygens (including phenoxy) is 1. The highest BCUT2D eigenvalue weighted by atomic mass is 506. The van der Waals surface area contributed by atoms with Gasteiger partial charge in [0.1, 0.15) is 0 Å². The fourth-order valence-corrected chi connectivity index (χ4v) is 0.204. The zero-order valence-electron chi connectivity index (χ0n) is 3.82. The monoisotopic (exact) mass is 584 g/mol. The van der Waals surface area contributed by atoms with Gasteiger partial charge in [-0.1, -0.05) is 0 Å². The number of hydrogen-bond donors (Lipinski definition) is 0. The molecule has 0 atom stereocenters. The van der Waals surface area contributed by atoms with E-state index in [0.29, 0.717) is 0 Å². The molecular weight excluding hydrogens is 570 g/mol. The minimum absolute atomic E-state index is 0. The van der Waals surface area contributed by atoms with Gasteiger partial charge in [0, 0.05) is 13.2 Å². The second kappa shape index (κ2) is 8.95. The smallest absolute Gasteiger partial charge is 0.0437 e. The van der Waals surface area contributed by atoms with E-state index in [2.05, 4.69) is 0 Å². The van der Waals surface area contributed by atoms with Gasteiger partial charge in [0.05, 0.1) is 0 Å². The molecule has 0 aliphatic rings. The van der Waals surface area contributed by atoms with Crippen LogP contribution in [0.25, 0.3) is 0 Å². The molecule has 40 valence electrons. The largest absolute Gasteiger partial charge is 0.382 e. The molecule has 1 nitrogen and oxygen atoms in total. The van der Waals surface area contributed by atoms with Crippen molar-refractivity contribution in [2.24, 2.45) is 0 Å². The summed E-state index contributed by atoms with van der Waals surface area (Å²) < 4.78 is 4.83. The molecule has 0 heterocycles. The summed E-state index contributed by atoms with van der Waals surface area (Å²) in [6.07, 6.45) is 0. The second-order valence-electron chi connectivity index (χ2n) is 0.781. The van der Waals surface area contributed by atoms with E-state index in [1.54, 1.807) is 0 Å². The van der Waals surface area contributed by atoms with Gasteiger partial charge in [0.2, 0.25) is 0 Å². The van der Waals surface area contributed by atoms with E-state index in [9.17, 15) is 0 Å². The van der Waals surface area contributed by atoms with Gasteiger partial charge in [-0.15, -0.1) is 0 Å². The van der Waals surface area contributed by atoms with Gasteiger partial charge in [-0.05, 0) is 24.8 Å². The van der Waals surface area contributed by atoms with Crippen molar-refractivity contribution in [2.45, 2.75) is 13.8 Å². The third kappa shape index (κ3) is 8.90. The first kappa shape index (κ1) is 9.49. The van der Waals surface area contributed by atoms with Gasteiger partial charge >= 0.3 is 0 Å². The van der Waals surface area contributed by atoms with E-state index in [1.165, 1.54) is 0 Å². The maximum absolute atomic E-state index is 4.83. The molecule has 0 aliphatic heterocycles. The SMILES string of the molecule is CCOCC.[506SiH4].